The lowest BCUT2D eigenvalue weighted by Crippen LogP contribution is -1.96. The minimum absolute atomic E-state index is 0.861. The minimum Gasteiger partial charge on any atom is -0.494 e. The predicted octanol–water partition coefficient (Wildman–Crippen LogP) is 8.92. The van der Waals surface area contributed by atoms with Crippen LogP contribution in [0.1, 0.15) is 116 Å². The van der Waals surface area contributed by atoms with Crippen molar-refractivity contribution >= 4 is 0 Å². The van der Waals surface area contributed by atoms with Gasteiger partial charge in [0.15, 0.2) is 0 Å². The van der Waals surface area contributed by atoms with E-state index in [1.807, 2.05) is 30.3 Å². The molecular weight excluding hydrogens is 328 g/mol. The smallest absolute Gasteiger partial charge is 0.119 e. The van der Waals surface area contributed by atoms with Gasteiger partial charge in [0.05, 0.1) is 6.61 Å². The second-order valence-corrected chi connectivity index (χ2v) is 8.03. The third-order valence-corrected chi connectivity index (χ3v) is 5.41. The molecule has 1 heteroatoms. The molecule has 0 amide bonds. The van der Waals surface area contributed by atoms with E-state index in [0.29, 0.717) is 0 Å². The van der Waals surface area contributed by atoms with Crippen molar-refractivity contribution in [1.29, 1.82) is 0 Å². The summed E-state index contributed by atoms with van der Waals surface area (Å²) < 4.78 is 5.73. The van der Waals surface area contributed by atoms with Gasteiger partial charge in [0.1, 0.15) is 5.75 Å². The summed E-state index contributed by atoms with van der Waals surface area (Å²) in [7, 11) is 0. The molecule has 0 saturated carbocycles. The summed E-state index contributed by atoms with van der Waals surface area (Å²) in [6.07, 6.45) is 25.0. The van der Waals surface area contributed by atoms with Crippen molar-refractivity contribution in [3.8, 4) is 5.75 Å². The summed E-state index contributed by atoms with van der Waals surface area (Å²) >= 11 is 0. The van der Waals surface area contributed by atoms with Gasteiger partial charge >= 0.3 is 0 Å². The molecule has 1 nitrogen and oxygen atoms in total. The Balaban J connectivity index is 1.67. The highest BCUT2D eigenvalue weighted by Gasteiger charge is 1.96. The van der Waals surface area contributed by atoms with E-state index in [0.717, 1.165) is 18.8 Å². The van der Waals surface area contributed by atoms with Crippen LogP contribution in [0, 0.1) is 6.92 Å². The topological polar surface area (TPSA) is 9.23 Å². The van der Waals surface area contributed by atoms with Crippen molar-refractivity contribution in [3.05, 3.63) is 37.3 Å². The summed E-state index contributed by atoms with van der Waals surface area (Å²) in [5.41, 5.74) is 0. The second-order valence-electron chi connectivity index (χ2n) is 8.03. The van der Waals surface area contributed by atoms with Crippen LogP contribution in [0.25, 0.3) is 0 Å². The maximum Gasteiger partial charge on any atom is 0.119 e. The molecule has 0 bridgehead atoms. The molecule has 0 aliphatic heterocycles. The third kappa shape index (κ3) is 16.9. The SMILES string of the molecule is [CH2]CCCCCCCCCCCCCCCCCCCOc1ccccc1. The van der Waals surface area contributed by atoms with Crippen LogP contribution in [-0.4, -0.2) is 6.61 Å². The van der Waals surface area contributed by atoms with Gasteiger partial charge in [-0.3, -0.25) is 0 Å². The molecule has 27 heavy (non-hydrogen) atoms. The van der Waals surface area contributed by atoms with Gasteiger partial charge in [0.25, 0.3) is 0 Å². The maximum absolute atomic E-state index is 5.73. The van der Waals surface area contributed by atoms with Crippen LogP contribution >= 0.6 is 0 Å². The highest BCUT2D eigenvalue weighted by atomic mass is 16.5. The van der Waals surface area contributed by atoms with Gasteiger partial charge in [0, 0.05) is 0 Å². The zero-order valence-electron chi connectivity index (χ0n) is 17.9. The van der Waals surface area contributed by atoms with Gasteiger partial charge < -0.3 is 4.74 Å². The number of hydrogen-bond acceptors (Lipinski definition) is 1. The Morgan fingerprint density at radius 1 is 0.481 bits per heavy atom. The fourth-order valence-electron chi connectivity index (χ4n) is 3.64. The Kier molecular flexibility index (Phi) is 17.6. The Labute approximate surface area is 170 Å². The largest absolute Gasteiger partial charge is 0.494 e. The van der Waals surface area contributed by atoms with Crippen LogP contribution < -0.4 is 4.74 Å². The summed E-state index contributed by atoms with van der Waals surface area (Å²) in [6, 6.07) is 10.2. The first-order valence-electron chi connectivity index (χ1n) is 11.9. The van der Waals surface area contributed by atoms with Crippen molar-refractivity contribution in [2.45, 2.75) is 116 Å². The molecule has 0 aromatic heterocycles. The van der Waals surface area contributed by atoms with Crippen LogP contribution in [0.5, 0.6) is 5.75 Å². The summed E-state index contributed by atoms with van der Waals surface area (Å²) in [5, 5.41) is 0. The molecule has 0 atom stereocenters. The predicted molar refractivity (Wildman–Crippen MR) is 120 cm³/mol. The number of ether oxygens (including phenoxy) is 1. The first-order valence-corrected chi connectivity index (χ1v) is 11.9. The van der Waals surface area contributed by atoms with E-state index in [1.165, 1.54) is 109 Å². The molecule has 0 aliphatic carbocycles. The molecule has 0 heterocycles. The highest BCUT2D eigenvalue weighted by Crippen LogP contribution is 2.14. The summed E-state index contributed by atoms with van der Waals surface area (Å²) in [6.45, 7) is 4.77. The zero-order valence-corrected chi connectivity index (χ0v) is 17.9. The van der Waals surface area contributed by atoms with Gasteiger partial charge in [-0.1, -0.05) is 134 Å². The molecule has 0 fully saturated rings. The average Bonchev–Trinajstić information content (AvgIpc) is 2.70. The third-order valence-electron chi connectivity index (χ3n) is 5.41. The molecule has 1 rings (SSSR count). The van der Waals surface area contributed by atoms with Crippen molar-refractivity contribution in [1.82, 2.24) is 0 Å². The number of unbranched alkanes of at least 4 members (excludes halogenated alkanes) is 17. The van der Waals surface area contributed by atoms with Gasteiger partial charge in [-0.2, -0.15) is 0 Å². The monoisotopic (exact) mass is 373 g/mol. The molecule has 0 unspecified atom stereocenters. The minimum atomic E-state index is 0.861. The van der Waals surface area contributed by atoms with Gasteiger partial charge in [-0.05, 0) is 18.6 Å². The van der Waals surface area contributed by atoms with Crippen LogP contribution in [-0.2, 0) is 0 Å². The van der Waals surface area contributed by atoms with Crippen LogP contribution in [0.4, 0.5) is 0 Å². The maximum atomic E-state index is 5.73. The second kappa shape index (κ2) is 19.8. The molecular formula is C26H45O. The lowest BCUT2D eigenvalue weighted by atomic mass is 10.0. The standard InChI is InChI=1S/C26H45O/c1-2-3-4-5-6-7-8-9-10-11-12-13-14-15-16-17-18-22-25-27-26-23-20-19-21-24-26/h19-21,23-24H,1-18,22,25H2. The van der Waals surface area contributed by atoms with E-state index in [9.17, 15) is 0 Å². The van der Waals surface area contributed by atoms with Crippen LogP contribution in [0.2, 0.25) is 0 Å². The highest BCUT2D eigenvalue weighted by molar-refractivity contribution is 5.20. The lowest BCUT2D eigenvalue weighted by Gasteiger charge is -2.06. The molecule has 1 aromatic rings. The molecule has 0 aliphatic rings. The van der Waals surface area contributed by atoms with Crippen molar-refractivity contribution in [2.24, 2.45) is 0 Å². The van der Waals surface area contributed by atoms with Crippen molar-refractivity contribution < 1.29 is 4.74 Å². The van der Waals surface area contributed by atoms with Gasteiger partial charge in [-0.15, -0.1) is 0 Å². The fourth-order valence-corrected chi connectivity index (χ4v) is 3.64. The number of hydrogen-bond donors (Lipinski definition) is 0. The van der Waals surface area contributed by atoms with Gasteiger partial charge in [0.2, 0.25) is 0 Å². The summed E-state index contributed by atoms with van der Waals surface area (Å²) in [4.78, 5) is 0. The first-order chi connectivity index (χ1) is 13.4. The number of para-hydroxylation sites is 1. The molecule has 0 saturated heterocycles. The van der Waals surface area contributed by atoms with E-state index < -0.39 is 0 Å². The van der Waals surface area contributed by atoms with E-state index in [-0.39, 0.29) is 0 Å². The summed E-state index contributed by atoms with van der Waals surface area (Å²) in [5.74, 6) is 1.00. The molecule has 1 radical (unpaired) electrons. The Bertz CT molecular complexity index is 386. The Morgan fingerprint density at radius 3 is 1.26 bits per heavy atom. The van der Waals surface area contributed by atoms with E-state index in [1.54, 1.807) is 0 Å². The average molecular weight is 374 g/mol. The number of benzene rings is 1. The van der Waals surface area contributed by atoms with Crippen LogP contribution in [0.3, 0.4) is 0 Å². The van der Waals surface area contributed by atoms with E-state index >= 15 is 0 Å². The van der Waals surface area contributed by atoms with Crippen molar-refractivity contribution in [3.63, 3.8) is 0 Å². The van der Waals surface area contributed by atoms with E-state index in [2.05, 4.69) is 6.92 Å². The molecule has 0 spiro atoms. The Morgan fingerprint density at radius 2 is 0.852 bits per heavy atom. The van der Waals surface area contributed by atoms with E-state index in [4.69, 9.17) is 4.74 Å². The quantitative estimate of drug-likeness (QED) is 0.207. The Hall–Kier alpha value is -0.980. The first kappa shape index (κ1) is 24.1. The molecule has 0 N–H and O–H groups in total. The van der Waals surface area contributed by atoms with Gasteiger partial charge in [-0.25, -0.2) is 0 Å². The van der Waals surface area contributed by atoms with Crippen LogP contribution in [0.15, 0.2) is 30.3 Å². The molecule has 1 aromatic carbocycles. The zero-order chi connectivity index (χ0) is 19.3. The normalized spacial score (nSPS) is 11.0. The van der Waals surface area contributed by atoms with Crippen molar-refractivity contribution in [2.75, 3.05) is 6.61 Å². The number of rotatable bonds is 20. The fraction of sp³-hybridized carbons (Fsp3) is 0.731. The molecule has 155 valence electrons. The lowest BCUT2D eigenvalue weighted by molar-refractivity contribution is 0.304.